The highest BCUT2D eigenvalue weighted by Gasteiger charge is 2.39. The summed E-state index contributed by atoms with van der Waals surface area (Å²) in [7, 11) is 0. The summed E-state index contributed by atoms with van der Waals surface area (Å²) in [5, 5.41) is 3.64. The second-order valence-electron chi connectivity index (χ2n) is 5.11. The van der Waals surface area contributed by atoms with Crippen molar-refractivity contribution in [3.05, 3.63) is 24.0 Å². The number of hydrogen-bond donors (Lipinski definition) is 1. The smallest absolute Gasteiger partial charge is 0.0529 e. The molecule has 80 valence electrons. The van der Waals surface area contributed by atoms with Crippen molar-refractivity contribution in [3.63, 3.8) is 0 Å². The van der Waals surface area contributed by atoms with Gasteiger partial charge in [0.05, 0.1) is 11.9 Å². The van der Waals surface area contributed by atoms with E-state index in [0.717, 1.165) is 17.5 Å². The van der Waals surface area contributed by atoms with E-state index in [1.54, 1.807) is 0 Å². The van der Waals surface area contributed by atoms with Gasteiger partial charge in [0, 0.05) is 11.7 Å². The average Bonchev–Trinajstić information content (AvgIpc) is 2.83. The fourth-order valence-corrected chi connectivity index (χ4v) is 3.19. The highest BCUT2D eigenvalue weighted by atomic mass is 15.0. The van der Waals surface area contributed by atoms with Gasteiger partial charge in [0.2, 0.25) is 0 Å². The van der Waals surface area contributed by atoms with Crippen molar-refractivity contribution in [2.75, 3.05) is 5.32 Å². The Labute approximate surface area is 91.1 Å². The first-order chi connectivity index (χ1) is 7.31. The third-order valence-corrected chi connectivity index (χ3v) is 4.00. The lowest BCUT2D eigenvalue weighted by atomic mass is 9.95. The largest absolute Gasteiger partial charge is 0.381 e. The maximum absolute atomic E-state index is 4.32. The predicted octanol–water partition coefficient (Wildman–Crippen LogP) is 2.99. The molecule has 2 bridgehead atoms. The molecule has 3 atom stereocenters. The van der Waals surface area contributed by atoms with Gasteiger partial charge in [0.15, 0.2) is 0 Å². The number of aromatic nitrogens is 1. The zero-order valence-electron chi connectivity index (χ0n) is 9.24. The maximum atomic E-state index is 4.32. The van der Waals surface area contributed by atoms with E-state index in [0.29, 0.717) is 6.04 Å². The topological polar surface area (TPSA) is 24.9 Å². The fourth-order valence-electron chi connectivity index (χ4n) is 3.19. The summed E-state index contributed by atoms with van der Waals surface area (Å²) >= 11 is 0. The lowest BCUT2D eigenvalue weighted by Gasteiger charge is -2.23. The van der Waals surface area contributed by atoms with Crippen LogP contribution in [0, 0.1) is 18.8 Å². The van der Waals surface area contributed by atoms with Crippen LogP contribution in [0.25, 0.3) is 0 Å². The molecule has 2 nitrogen and oxygen atoms in total. The van der Waals surface area contributed by atoms with E-state index in [1.807, 2.05) is 13.1 Å². The Morgan fingerprint density at radius 2 is 2.20 bits per heavy atom. The van der Waals surface area contributed by atoms with Crippen molar-refractivity contribution in [1.29, 1.82) is 0 Å². The van der Waals surface area contributed by atoms with Gasteiger partial charge in [-0.2, -0.15) is 0 Å². The van der Waals surface area contributed by atoms with Crippen LogP contribution in [0.5, 0.6) is 0 Å². The summed E-state index contributed by atoms with van der Waals surface area (Å²) in [6.07, 6.45) is 7.69. The molecular formula is C13H18N2. The maximum Gasteiger partial charge on any atom is 0.0529 e. The van der Waals surface area contributed by atoms with E-state index < -0.39 is 0 Å². The molecule has 0 aromatic carbocycles. The minimum absolute atomic E-state index is 0.716. The van der Waals surface area contributed by atoms with Gasteiger partial charge in [-0.15, -0.1) is 0 Å². The quantitative estimate of drug-likeness (QED) is 0.797. The minimum Gasteiger partial charge on any atom is -0.381 e. The van der Waals surface area contributed by atoms with Crippen molar-refractivity contribution < 1.29 is 0 Å². The SMILES string of the molecule is Cc1ccc(N[C@H]2C[C@H]3CC[C@@H]2C3)cn1. The van der Waals surface area contributed by atoms with E-state index >= 15 is 0 Å². The molecule has 2 fully saturated rings. The van der Waals surface area contributed by atoms with Crippen LogP contribution in [0.1, 0.15) is 31.4 Å². The van der Waals surface area contributed by atoms with Crippen LogP contribution in [0.2, 0.25) is 0 Å². The molecular weight excluding hydrogens is 184 g/mol. The van der Waals surface area contributed by atoms with Crippen LogP contribution in [0.15, 0.2) is 18.3 Å². The van der Waals surface area contributed by atoms with Crippen molar-refractivity contribution in [3.8, 4) is 0 Å². The number of nitrogens with one attached hydrogen (secondary N) is 1. The Morgan fingerprint density at radius 3 is 2.80 bits per heavy atom. The van der Waals surface area contributed by atoms with E-state index in [4.69, 9.17) is 0 Å². The first-order valence-electron chi connectivity index (χ1n) is 6.00. The van der Waals surface area contributed by atoms with E-state index in [-0.39, 0.29) is 0 Å². The Hall–Kier alpha value is -1.05. The number of aryl methyl sites for hydroxylation is 1. The standard InChI is InChI=1S/C13H18N2/c1-9-2-5-12(8-14-9)15-13-7-10-3-4-11(13)6-10/h2,5,8,10-11,13,15H,3-4,6-7H2,1H3/t10-,11+,13-/m0/s1. The molecule has 3 rings (SSSR count). The van der Waals surface area contributed by atoms with E-state index in [1.165, 1.54) is 31.4 Å². The van der Waals surface area contributed by atoms with Crippen LogP contribution in [-0.4, -0.2) is 11.0 Å². The fraction of sp³-hybridized carbons (Fsp3) is 0.615. The predicted molar refractivity (Wildman–Crippen MR) is 61.8 cm³/mol. The van der Waals surface area contributed by atoms with Gasteiger partial charge >= 0.3 is 0 Å². The molecule has 1 aromatic rings. The first kappa shape index (κ1) is 9.20. The minimum atomic E-state index is 0.716. The van der Waals surface area contributed by atoms with Gasteiger partial charge in [-0.05, 0) is 50.2 Å². The molecule has 0 unspecified atom stereocenters. The Kier molecular flexibility index (Phi) is 2.15. The molecule has 0 radical (unpaired) electrons. The summed E-state index contributed by atoms with van der Waals surface area (Å²) in [5.41, 5.74) is 2.28. The number of pyridine rings is 1. The molecule has 1 N–H and O–H groups in total. The number of nitrogens with zero attached hydrogens (tertiary/aromatic N) is 1. The Morgan fingerprint density at radius 1 is 1.27 bits per heavy atom. The molecule has 0 saturated heterocycles. The summed E-state index contributed by atoms with van der Waals surface area (Å²) in [6.45, 7) is 2.03. The Balaban J connectivity index is 1.68. The number of hydrogen-bond acceptors (Lipinski definition) is 2. The van der Waals surface area contributed by atoms with Gasteiger partial charge in [0.1, 0.15) is 0 Å². The molecule has 2 aliphatic rings. The van der Waals surface area contributed by atoms with E-state index in [2.05, 4.69) is 22.4 Å². The van der Waals surface area contributed by atoms with Crippen molar-refractivity contribution in [1.82, 2.24) is 4.98 Å². The number of anilines is 1. The van der Waals surface area contributed by atoms with Gasteiger partial charge in [-0.3, -0.25) is 4.98 Å². The van der Waals surface area contributed by atoms with Gasteiger partial charge in [0.25, 0.3) is 0 Å². The molecule has 1 aromatic heterocycles. The summed E-state index contributed by atoms with van der Waals surface area (Å²) in [5.74, 6) is 1.93. The third kappa shape index (κ3) is 1.73. The highest BCUT2D eigenvalue weighted by molar-refractivity contribution is 5.42. The molecule has 0 amide bonds. The van der Waals surface area contributed by atoms with Crippen molar-refractivity contribution in [2.45, 2.75) is 38.6 Å². The molecule has 0 spiro atoms. The Bertz CT molecular complexity index is 344. The van der Waals surface area contributed by atoms with Crippen LogP contribution in [0.3, 0.4) is 0 Å². The highest BCUT2D eigenvalue weighted by Crippen LogP contribution is 2.45. The second kappa shape index (κ2) is 3.51. The summed E-state index contributed by atoms with van der Waals surface area (Å²) in [6, 6.07) is 4.94. The van der Waals surface area contributed by atoms with Crippen molar-refractivity contribution in [2.24, 2.45) is 11.8 Å². The molecule has 15 heavy (non-hydrogen) atoms. The zero-order valence-corrected chi connectivity index (χ0v) is 9.24. The van der Waals surface area contributed by atoms with Gasteiger partial charge < -0.3 is 5.32 Å². The van der Waals surface area contributed by atoms with Crippen LogP contribution in [0.4, 0.5) is 5.69 Å². The van der Waals surface area contributed by atoms with Gasteiger partial charge in [-0.1, -0.05) is 6.42 Å². The average molecular weight is 202 g/mol. The molecule has 0 aliphatic heterocycles. The van der Waals surface area contributed by atoms with Crippen molar-refractivity contribution >= 4 is 5.69 Å². The number of fused-ring (bicyclic) bond motifs is 2. The van der Waals surface area contributed by atoms with E-state index in [9.17, 15) is 0 Å². The first-order valence-corrected chi connectivity index (χ1v) is 6.00. The van der Waals surface area contributed by atoms with Crippen LogP contribution >= 0.6 is 0 Å². The molecule has 1 heterocycles. The molecule has 2 aliphatic carbocycles. The lowest BCUT2D eigenvalue weighted by Crippen LogP contribution is -2.25. The zero-order chi connectivity index (χ0) is 10.3. The van der Waals surface area contributed by atoms with Gasteiger partial charge in [-0.25, -0.2) is 0 Å². The van der Waals surface area contributed by atoms with Crippen LogP contribution < -0.4 is 5.32 Å². The molecule has 2 heteroatoms. The summed E-state index contributed by atoms with van der Waals surface area (Å²) in [4.78, 5) is 4.32. The lowest BCUT2D eigenvalue weighted by molar-refractivity contribution is 0.439. The normalized spacial score (nSPS) is 33.3. The molecule has 2 saturated carbocycles. The summed E-state index contributed by atoms with van der Waals surface area (Å²) < 4.78 is 0. The third-order valence-electron chi connectivity index (χ3n) is 4.00. The number of rotatable bonds is 2. The monoisotopic (exact) mass is 202 g/mol. The second-order valence-corrected chi connectivity index (χ2v) is 5.11. The van der Waals surface area contributed by atoms with Crippen LogP contribution in [-0.2, 0) is 0 Å².